The topological polar surface area (TPSA) is 48.7 Å². The third kappa shape index (κ3) is 0.903. The molecule has 0 aromatic carbocycles. The Hall–Kier alpha value is -2.07. The fourth-order valence-corrected chi connectivity index (χ4v) is 7.18. The van der Waals surface area contributed by atoms with Crippen LogP contribution in [-0.4, -0.2) is 19.2 Å². The first-order chi connectivity index (χ1) is 11.7. The number of ether oxygens (including phenoxy) is 2. The molecule has 4 bridgehead atoms. The lowest BCUT2D eigenvalue weighted by Crippen LogP contribution is -2.28. The predicted octanol–water partition coefficient (Wildman–Crippen LogP) is 3.10. The van der Waals surface area contributed by atoms with E-state index >= 15 is 0 Å². The molecule has 5 atom stereocenters. The van der Waals surface area contributed by atoms with Crippen LogP contribution in [0.5, 0.6) is 0 Å². The van der Waals surface area contributed by atoms with Crippen molar-refractivity contribution in [3.05, 3.63) is 59.1 Å². The third-order valence-electron chi connectivity index (χ3n) is 7.73. The Morgan fingerprint density at radius 3 is 3.04 bits per heavy atom. The van der Waals surface area contributed by atoms with Gasteiger partial charge in [0, 0.05) is 22.0 Å². The lowest BCUT2D eigenvalue weighted by Gasteiger charge is -2.32. The molecule has 3 spiro atoms. The van der Waals surface area contributed by atoms with E-state index in [1.54, 1.807) is 12.5 Å². The van der Waals surface area contributed by atoms with E-state index in [0.717, 1.165) is 24.0 Å². The minimum atomic E-state index is -0.144. The van der Waals surface area contributed by atoms with Gasteiger partial charge in [0.15, 0.2) is 0 Å². The third-order valence-corrected chi connectivity index (χ3v) is 7.73. The van der Waals surface area contributed by atoms with Crippen molar-refractivity contribution in [2.24, 2.45) is 22.2 Å². The van der Waals surface area contributed by atoms with Gasteiger partial charge in [-0.1, -0.05) is 18.2 Å². The van der Waals surface area contributed by atoms with Crippen molar-refractivity contribution in [1.82, 2.24) is 0 Å². The average molecular weight is 320 g/mol. The standard InChI is InChI=1S/C20H16O4/c21-17-14-5-11-6-18-3-1-12-9-23-16(13-2-4-22-8-13)15(12)19(18,7-11)20(14,18)10-24-17/h1-5,8,11,16H,6-7,9-10H2/t11-,16+,18+,19+,20+/m0/s1. The molecule has 5 aliphatic carbocycles. The van der Waals surface area contributed by atoms with Gasteiger partial charge >= 0.3 is 5.97 Å². The van der Waals surface area contributed by atoms with Gasteiger partial charge < -0.3 is 13.9 Å². The molecule has 3 heterocycles. The molecule has 1 aromatic heterocycles. The highest BCUT2D eigenvalue weighted by molar-refractivity contribution is 5.97. The number of carbonyl (C=O) groups excluding carboxylic acids is 1. The zero-order valence-corrected chi connectivity index (χ0v) is 13.1. The largest absolute Gasteiger partial charge is 0.472 e. The summed E-state index contributed by atoms with van der Waals surface area (Å²) in [5, 5.41) is 0. The predicted molar refractivity (Wildman–Crippen MR) is 82.6 cm³/mol. The molecule has 4 heteroatoms. The fourth-order valence-electron chi connectivity index (χ4n) is 7.18. The van der Waals surface area contributed by atoms with Crippen LogP contribution in [0.3, 0.4) is 0 Å². The maximum absolute atomic E-state index is 12.4. The molecule has 0 N–H and O–H groups in total. The fraction of sp³-hybridized carbons (Fsp3) is 0.450. The van der Waals surface area contributed by atoms with Crippen LogP contribution < -0.4 is 0 Å². The Labute approximate surface area is 138 Å². The molecule has 0 unspecified atom stereocenters. The van der Waals surface area contributed by atoms with E-state index in [-0.39, 0.29) is 28.3 Å². The summed E-state index contributed by atoms with van der Waals surface area (Å²) in [6, 6.07) is 2.00. The highest BCUT2D eigenvalue weighted by Gasteiger charge is 2.95. The smallest absolute Gasteiger partial charge is 0.334 e. The maximum Gasteiger partial charge on any atom is 0.334 e. The maximum atomic E-state index is 12.4. The second kappa shape index (κ2) is 3.33. The average Bonchev–Trinajstić information content (AvgIpc) is 3.20. The van der Waals surface area contributed by atoms with E-state index in [1.165, 1.54) is 11.1 Å². The van der Waals surface area contributed by atoms with Crippen molar-refractivity contribution in [2.45, 2.75) is 18.9 Å². The normalized spacial score (nSPS) is 48.8. The van der Waals surface area contributed by atoms with Crippen LogP contribution in [0.1, 0.15) is 24.5 Å². The van der Waals surface area contributed by atoms with Crippen molar-refractivity contribution in [2.75, 3.05) is 13.2 Å². The van der Waals surface area contributed by atoms with Gasteiger partial charge in [-0.25, -0.2) is 4.79 Å². The van der Waals surface area contributed by atoms with E-state index in [4.69, 9.17) is 13.9 Å². The summed E-state index contributed by atoms with van der Waals surface area (Å²) in [7, 11) is 0. The van der Waals surface area contributed by atoms with Gasteiger partial charge in [0.25, 0.3) is 0 Å². The molecule has 0 amide bonds. The lowest BCUT2D eigenvalue weighted by molar-refractivity contribution is -0.135. The molecule has 120 valence electrons. The van der Waals surface area contributed by atoms with Crippen LogP contribution in [0.25, 0.3) is 0 Å². The number of hydrogen-bond donors (Lipinski definition) is 0. The summed E-state index contributed by atoms with van der Waals surface area (Å²) in [5.74, 6) is 0.386. The molecule has 2 saturated carbocycles. The highest BCUT2D eigenvalue weighted by atomic mass is 16.5. The number of hydrogen-bond acceptors (Lipinski definition) is 4. The van der Waals surface area contributed by atoms with Crippen molar-refractivity contribution in [3.8, 4) is 0 Å². The summed E-state index contributed by atoms with van der Waals surface area (Å²) < 4.78 is 17.1. The molecular formula is C20H16O4. The SMILES string of the molecule is O=C1OC[C@@]23C1=C[C@H]1C[C@@]24C=CC2=C([C@@H](c5ccoc5)OC2)[C@]43C1. The van der Waals surface area contributed by atoms with Crippen molar-refractivity contribution >= 4 is 5.97 Å². The zero-order chi connectivity index (χ0) is 15.7. The first kappa shape index (κ1) is 12.3. The minimum Gasteiger partial charge on any atom is -0.472 e. The van der Waals surface area contributed by atoms with Gasteiger partial charge in [-0.2, -0.15) is 0 Å². The summed E-state index contributed by atoms with van der Waals surface area (Å²) in [6.07, 6.45) is 12.6. The van der Waals surface area contributed by atoms with E-state index in [0.29, 0.717) is 19.1 Å². The first-order valence-corrected chi connectivity index (χ1v) is 8.69. The van der Waals surface area contributed by atoms with Crippen LogP contribution in [0.4, 0.5) is 0 Å². The van der Waals surface area contributed by atoms with E-state index in [2.05, 4.69) is 18.2 Å². The van der Waals surface area contributed by atoms with Gasteiger partial charge in [-0.3, -0.25) is 0 Å². The molecule has 4 nitrogen and oxygen atoms in total. The zero-order valence-electron chi connectivity index (χ0n) is 13.1. The van der Waals surface area contributed by atoms with Crippen molar-refractivity contribution < 1.29 is 18.7 Å². The molecule has 2 aliphatic heterocycles. The number of esters is 1. The first-order valence-electron chi connectivity index (χ1n) is 8.69. The molecular weight excluding hydrogens is 304 g/mol. The lowest BCUT2D eigenvalue weighted by atomic mass is 9.69. The van der Waals surface area contributed by atoms with E-state index < -0.39 is 0 Å². The van der Waals surface area contributed by atoms with Crippen LogP contribution in [-0.2, 0) is 14.3 Å². The number of rotatable bonds is 1. The van der Waals surface area contributed by atoms with Crippen molar-refractivity contribution in [1.29, 1.82) is 0 Å². The molecule has 0 radical (unpaired) electrons. The molecule has 1 aromatic rings. The summed E-state index contributed by atoms with van der Waals surface area (Å²) >= 11 is 0. The monoisotopic (exact) mass is 320 g/mol. The number of allylic oxidation sites excluding steroid dienone is 2. The molecule has 3 fully saturated rings. The number of carbonyl (C=O) groups is 1. The quantitative estimate of drug-likeness (QED) is 0.746. The van der Waals surface area contributed by atoms with Crippen LogP contribution in [0, 0.1) is 22.2 Å². The molecule has 1 saturated heterocycles. The van der Waals surface area contributed by atoms with Gasteiger partial charge in [0.1, 0.15) is 12.7 Å². The second-order valence-corrected chi connectivity index (χ2v) is 8.13. The summed E-state index contributed by atoms with van der Waals surface area (Å²) in [4.78, 5) is 12.4. The second-order valence-electron chi connectivity index (χ2n) is 8.13. The Kier molecular flexibility index (Phi) is 1.71. The summed E-state index contributed by atoms with van der Waals surface area (Å²) in [6.45, 7) is 1.18. The summed E-state index contributed by atoms with van der Waals surface area (Å²) in [5.41, 5.74) is 4.67. The van der Waals surface area contributed by atoms with Gasteiger partial charge in [0.2, 0.25) is 0 Å². The van der Waals surface area contributed by atoms with Gasteiger partial charge in [-0.15, -0.1) is 0 Å². The van der Waals surface area contributed by atoms with Crippen LogP contribution in [0.15, 0.2) is 58.0 Å². The Bertz CT molecular complexity index is 919. The van der Waals surface area contributed by atoms with Gasteiger partial charge in [0.05, 0.1) is 24.5 Å². The highest BCUT2D eigenvalue weighted by Crippen LogP contribution is 2.96. The van der Waals surface area contributed by atoms with E-state index in [9.17, 15) is 4.79 Å². The van der Waals surface area contributed by atoms with Crippen molar-refractivity contribution in [3.63, 3.8) is 0 Å². The number of furan rings is 1. The minimum absolute atomic E-state index is 0.0173. The Morgan fingerprint density at radius 2 is 2.17 bits per heavy atom. The van der Waals surface area contributed by atoms with Crippen LogP contribution in [0.2, 0.25) is 0 Å². The molecule has 8 rings (SSSR count). The van der Waals surface area contributed by atoms with Crippen LogP contribution >= 0.6 is 0 Å². The molecule has 24 heavy (non-hydrogen) atoms. The van der Waals surface area contributed by atoms with E-state index in [1.807, 2.05) is 6.07 Å². The van der Waals surface area contributed by atoms with Gasteiger partial charge in [-0.05, 0) is 36.0 Å². The number of cyclic esters (lactones) is 1. The Morgan fingerprint density at radius 1 is 1.21 bits per heavy atom. The Balaban J connectivity index is 1.51. The molecule has 7 aliphatic rings.